The van der Waals surface area contributed by atoms with Crippen LogP contribution in [0.25, 0.3) is 0 Å². The van der Waals surface area contributed by atoms with Gasteiger partial charge in [-0.15, -0.1) is 0 Å². The molecule has 0 saturated carbocycles. The summed E-state index contributed by atoms with van der Waals surface area (Å²) in [6.07, 6.45) is 3.17. The first-order valence-electron chi connectivity index (χ1n) is 5.16. The predicted octanol–water partition coefficient (Wildman–Crippen LogP) is 0.354. The van der Waals surface area contributed by atoms with Crippen molar-refractivity contribution in [3.63, 3.8) is 0 Å². The van der Waals surface area contributed by atoms with Crippen LogP contribution >= 0.6 is 0 Å². The number of carbonyl (C=O) groups excluding carboxylic acids is 1. The summed E-state index contributed by atoms with van der Waals surface area (Å²) in [5.41, 5.74) is 0.133. The molecule has 0 unspecified atom stereocenters. The van der Waals surface area contributed by atoms with Crippen molar-refractivity contribution < 1.29 is 14.7 Å². The zero-order valence-corrected chi connectivity index (χ0v) is 9.01. The van der Waals surface area contributed by atoms with Gasteiger partial charge in [-0.1, -0.05) is 0 Å². The lowest BCUT2D eigenvalue weighted by molar-refractivity contribution is 0.0679. The van der Waals surface area contributed by atoms with Gasteiger partial charge in [-0.2, -0.15) is 5.10 Å². The number of likely N-dealkylation sites (tertiary alicyclic amines) is 1. The molecule has 0 radical (unpaired) electrons. The second kappa shape index (κ2) is 3.96. The molecule has 6 nitrogen and oxygen atoms in total. The van der Waals surface area contributed by atoms with Gasteiger partial charge in [0.2, 0.25) is 0 Å². The van der Waals surface area contributed by atoms with Gasteiger partial charge in [-0.3, -0.25) is 9.48 Å². The van der Waals surface area contributed by atoms with Crippen molar-refractivity contribution in [2.45, 2.75) is 12.8 Å². The van der Waals surface area contributed by atoms with E-state index in [9.17, 15) is 9.59 Å². The van der Waals surface area contributed by atoms with Crippen LogP contribution in [-0.4, -0.2) is 44.8 Å². The van der Waals surface area contributed by atoms with Crippen molar-refractivity contribution in [3.8, 4) is 0 Å². The van der Waals surface area contributed by atoms with Crippen molar-refractivity contribution in [2.24, 2.45) is 7.05 Å². The van der Waals surface area contributed by atoms with Crippen LogP contribution in [0.2, 0.25) is 0 Å². The van der Waals surface area contributed by atoms with Crippen LogP contribution in [0.15, 0.2) is 6.20 Å². The lowest BCUT2D eigenvalue weighted by atomic mass is 10.2. The highest BCUT2D eigenvalue weighted by Crippen LogP contribution is 2.15. The normalized spacial score (nSPS) is 15.4. The Balaban J connectivity index is 2.34. The van der Waals surface area contributed by atoms with E-state index in [0.717, 1.165) is 12.8 Å². The lowest BCUT2D eigenvalue weighted by Crippen LogP contribution is -2.30. The molecular formula is C10H13N3O3. The number of hydrogen-bond donors (Lipinski definition) is 1. The minimum Gasteiger partial charge on any atom is -0.478 e. The molecule has 0 aliphatic carbocycles. The fourth-order valence-corrected chi connectivity index (χ4v) is 1.92. The van der Waals surface area contributed by atoms with E-state index in [4.69, 9.17) is 5.11 Å². The molecular weight excluding hydrogens is 210 g/mol. The highest BCUT2D eigenvalue weighted by Gasteiger charge is 2.27. The Morgan fingerprint density at radius 2 is 2.00 bits per heavy atom. The lowest BCUT2D eigenvalue weighted by Gasteiger charge is -2.15. The van der Waals surface area contributed by atoms with Crippen LogP contribution in [0, 0.1) is 0 Å². The second-order valence-electron chi connectivity index (χ2n) is 3.83. The van der Waals surface area contributed by atoms with Crippen molar-refractivity contribution in [1.29, 1.82) is 0 Å². The van der Waals surface area contributed by atoms with Gasteiger partial charge in [-0.05, 0) is 12.8 Å². The Kier molecular flexibility index (Phi) is 2.64. The Hall–Kier alpha value is -1.85. The number of carbonyl (C=O) groups is 2. The highest BCUT2D eigenvalue weighted by molar-refractivity contribution is 6.03. The van der Waals surface area contributed by atoms with Crippen LogP contribution in [0.3, 0.4) is 0 Å². The highest BCUT2D eigenvalue weighted by atomic mass is 16.4. The van der Waals surface area contributed by atoms with Gasteiger partial charge in [0.15, 0.2) is 0 Å². The topological polar surface area (TPSA) is 75.4 Å². The van der Waals surface area contributed by atoms with Crippen molar-refractivity contribution in [2.75, 3.05) is 13.1 Å². The van der Waals surface area contributed by atoms with Crippen LogP contribution < -0.4 is 0 Å². The largest absolute Gasteiger partial charge is 0.478 e. The van der Waals surface area contributed by atoms with Gasteiger partial charge in [0, 0.05) is 20.1 Å². The number of aromatic carboxylic acids is 1. The number of hydrogen-bond acceptors (Lipinski definition) is 3. The summed E-state index contributed by atoms with van der Waals surface area (Å²) in [5, 5.41) is 12.8. The maximum atomic E-state index is 12.1. The number of aryl methyl sites for hydroxylation is 1. The van der Waals surface area contributed by atoms with Crippen LogP contribution in [0.1, 0.15) is 33.7 Å². The van der Waals surface area contributed by atoms with Gasteiger partial charge in [0.1, 0.15) is 11.3 Å². The first kappa shape index (κ1) is 10.7. The van der Waals surface area contributed by atoms with Crippen molar-refractivity contribution in [1.82, 2.24) is 14.7 Å². The third kappa shape index (κ3) is 1.66. The van der Waals surface area contributed by atoms with E-state index >= 15 is 0 Å². The summed E-state index contributed by atoms with van der Waals surface area (Å²) in [6.45, 7) is 1.39. The smallest absolute Gasteiger partial charge is 0.339 e. The molecule has 1 aliphatic rings. The molecule has 1 fully saturated rings. The van der Waals surface area contributed by atoms with Crippen LogP contribution in [-0.2, 0) is 7.05 Å². The number of aromatic nitrogens is 2. The summed E-state index contributed by atoms with van der Waals surface area (Å²) >= 11 is 0. The molecule has 0 spiro atoms. The van der Waals surface area contributed by atoms with Gasteiger partial charge < -0.3 is 10.0 Å². The molecule has 0 bridgehead atoms. The summed E-state index contributed by atoms with van der Waals surface area (Å²) in [7, 11) is 1.58. The van der Waals surface area contributed by atoms with Gasteiger partial charge >= 0.3 is 5.97 Å². The maximum absolute atomic E-state index is 12.1. The number of carboxylic acids is 1. The molecule has 2 rings (SSSR count). The number of carboxylic acid groups (broad SMARTS) is 1. The Labute approximate surface area is 92.5 Å². The Morgan fingerprint density at radius 3 is 2.56 bits per heavy atom. The third-order valence-corrected chi connectivity index (χ3v) is 2.77. The van der Waals surface area contributed by atoms with E-state index in [1.165, 1.54) is 10.9 Å². The van der Waals surface area contributed by atoms with E-state index < -0.39 is 5.97 Å². The maximum Gasteiger partial charge on any atom is 0.339 e. The fraction of sp³-hybridized carbons (Fsp3) is 0.500. The average molecular weight is 223 g/mol. The molecule has 0 atom stereocenters. The second-order valence-corrected chi connectivity index (χ2v) is 3.83. The summed E-state index contributed by atoms with van der Waals surface area (Å²) in [5.74, 6) is -1.36. The quantitative estimate of drug-likeness (QED) is 0.785. The SMILES string of the molecule is Cn1ncc(C(=O)O)c1C(=O)N1CCCC1. The van der Waals surface area contributed by atoms with E-state index in [2.05, 4.69) is 5.10 Å². The Bertz CT molecular complexity index is 433. The van der Waals surface area contributed by atoms with Crippen molar-refractivity contribution in [3.05, 3.63) is 17.5 Å². The zero-order valence-electron chi connectivity index (χ0n) is 9.01. The van der Waals surface area contributed by atoms with Gasteiger partial charge in [0.25, 0.3) is 5.91 Å². The standard InChI is InChI=1S/C10H13N3O3/c1-12-8(7(6-11-12)10(15)16)9(14)13-4-2-3-5-13/h6H,2-5H2,1H3,(H,15,16). The van der Waals surface area contributed by atoms with Crippen molar-refractivity contribution >= 4 is 11.9 Å². The number of nitrogens with zero attached hydrogens (tertiary/aromatic N) is 3. The first-order chi connectivity index (χ1) is 7.61. The summed E-state index contributed by atoms with van der Waals surface area (Å²) in [4.78, 5) is 24.7. The molecule has 1 amide bonds. The molecule has 1 saturated heterocycles. The number of rotatable bonds is 2. The van der Waals surface area contributed by atoms with Crippen LogP contribution in [0.5, 0.6) is 0 Å². The number of amides is 1. The van der Waals surface area contributed by atoms with E-state index in [0.29, 0.717) is 13.1 Å². The van der Waals surface area contributed by atoms with Crippen LogP contribution in [0.4, 0.5) is 0 Å². The third-order valence-electron chi connectivity index (χ3n) is 2.77. The molecule has 1 aliphatic heterocycles. The van der Waals surface area contributed by atoms with Gasteiger partial charge in [-0.25, -0.2) is 4.79 Å². The molecule has 1 aromatic heterocycles. The van der Waals surface area contributed by atoms with E-state index in [-0.39, 0.29) is 17.2 Å². The van der Waals surface area contributed by atoms with E-state index in [1.807, 2.05) is 0 Å². The first-order valence-corrected chi connectivity index (χ1v) is 5.16. The predicted molar refractivity (Wildman–Crippen MR) is 55.3 cm³/mol. The molecule has 1 N–H and O–H groups in total. The summed E-state index contributed by atoms with van der Waals surface area (Å²) in [6, 6.07) is 0. The summed E-state index contributed by atoms with van der Waals surface area (Å²) < 4.78 is 1.32. The van der Waals surface area contributed by atoms with E-state index in [1.54, 1.807) is 11.9 Å². The monoisotopic (exact) mass is 223 g/mol. The molecule has 0 aromatic carbocycles. The molecule has 6 heteroatoms. The fourth-order valence-electron chi connectivity index (χ4n) is 1.92. The average Bonchev–Trinajstić information content (AvgIpc) is 2.84. The van der Waals surface area contributed by atoms with Gasteiger partial charge in [0.05, 0.1) is 6.20 Å². The molecule has 1 aromatic rings. The molecule has 16 heavy (non-hydrogen) atoms. The minimum atomic E-state index is -1.12. The Morgan fingerprint density at radius 1 is 1.38 bits per heavy atom. The molecule has 2 heterocycles. The molecule has 86 valence electrons. The minimum absolute atomic E-state index is 0.0283. The zero-order chi connectivity index (χ0) is 11.7.